The second-order valence-electron chi connectivity index (χ2n) is 6.85. The molecule has 0 spiro atoms. The number of hydrogen-bond acceptors (Lipinski definition) is 5. The highest BCUT2D eigenvalue weighted by molar-refractivity contribution is 7.99. The molecule has 1 aromatic heterocycles. The third-order valence-corrected chi connectivity index (χ3v) is 6.22. The van der Waals surface area contributed by atoms with Crippen LogP contribution >= 0.6 is 11.8 Å². The summed E-state index contributed by atoms with van der Waals surface area (Å²) >= 11 is 1.94. The van der Waals surface area contributed by atoms with Gasteiger partial charge in [-0.25, -0.2) is 4.79 Å². The SMILES string of the molecule is Cc1c(C)c2ccc(OC(C)C(=O)N(C)C3CCSCC3)cc2oc1=O. The van der Waals surface area contributed by atoms with E-state index in [0.29, 0.717) is 16.9 Å². The monoisotopic (exact) mass is 375 g/mol. The van der Waals surface area contributed by atoms with Gasteiger partial charge >= 0.3 is 5.63 Å². The molecule has 0 aliphatic carbocycles. The van der Waals surface area contributed by atoms with Gasteiger partial charge in [-0.1, -0.05) is 0 Å². The molecule has 1 aliphatic heterocycles. The number of fused-ring (bicyclic) bond motifs is 1. The normalized spacial score (nSPS) is 16.5. The van der Waals surface area contributed by atoms with Crippen LogP contribution in [0, 0.1) is 13.8 Å². The fraction of sp³-hybridized carbons (Fsp3) is 0.500. The quantitative estimate of drug-likeness (QED) is 0.765. The van der Waals surface area contributed by atoms with E-state index < -0.39 is 6.10 Å². The Morgan fingerprint density at radius 3 is 2.65 bits per heavy atom. The van der Waals surface area contributed by atoms with Gasteiger partial charge in [-0.15, -0.1) is 0 Å². The topological polar surface area (TPSA) is 59.8 Å². The molecule has 1 saturated heterocycles. The second kappa shape index (κ2) is 7.74. The van der Waals surface area contributed by atoms with E-state index in [-0.39, 0.29) is 17.6 Å². The summed E-state index contributed by atoms with van der Waals surface area (Å²) in [5.41, 5.74) is 1.66. The Labute approximate surface area is 157 Å². The smallest absolute Gasteiger partial charge is 0.339 e. The molecule has 0 saturated carbocycles. The molecule has 1 atom stereocenters. The van der Waals surface area contributed by atoms with Crippen LogP contribution in [0.15, 0.2) is 27.4 Å². The van der Waals surface area contributed by atoms with E-state index in [1.54, 1.807) is 19.9 Å². The van der Waals surface area contributed by atoms with Crippen LogP contribution in [0.5, 0.6) is 5.75 Å². The number of aryl methyl sites for hydroxylation is 1. The summed E-state index contributed by atoms with van der Waals surface area (Å²) in [4.78, 5) is 26.4. The molecule has 26 heavy (non-hydrogen) atoms. The Morgan fingerprint density at radius 2 is 1.96 bits per heavy atom. The molecule has 0 bridgehead atoms. The Morgan fingerprint density at radius 1 is 1.27 bits per heavy atom. The number of likely N-dealkylation sites (N-methyl/N-ethyl adjacent to an activating group) is 1. The number of hydrogen-bond donors (Lipinski definition) is 0. The van der Waals surface area contributed by atoms with Crippen molar-refractivity contribution >= 4 is 28.6 Å². The molecular weight excluding hydrogens is 350 g/mol. The van der Waals surface area contributed by atoms with E-state index in [2.05, 4.69) is 0 Å². The zero-order valence-electron chi connectivity index (χ0n) is 15.7. The average molecular weight is 375 g/mol. The zero-order chi connectivity index (χ0) is 18.8. The van der Waals surface area contributed by atoms with E-state index in [0.717, 1.165) is 35.3 Å². The lowest BCUT2D eigenvalue weighted by Crippen LogP contribution is -2.45. The lowest BCUT2D eigenvalue weighted by atomic mass is 10.1. The summed E-state index contributed by atoms with van der Waals surface area (Å²) in [5.74, 6) is 2.70. The number of rotatable bonds is 4. The third-order valence-electron chi connectivity index (χ3n) is 5.18. The third kappa shape index (κ3) is 3.75. The highest BCUT2D eigenvalue weighted by Crippen LogP contribution is 2.25. The minimum Gasteiger partial charge on any atom is -0.481 e. The van der Waals surface area contributed by atoms with Crippen molar-refractivity contribution in [3.63, 3.8) is 0 Å². The molecule has 1 fully saturated rings. The maximum absolute atomic E-state index is 12.7. The Hall–Kier alpha value is -1.95. The van der Waals surface area contributed by atoms with Gasteiger partial charge in [0.15, 0.2) is 6.10 Å². The van der Waals surface area contributed by atoms with Crippen LogP contribution in [0.4, 0.5) is 0 Å². The van der Waals surface area contributed by atoms with Gasteiger partial charge < -0.3 is 14.1 Å². The molecular formula is C20H25NO4S. The van der Waals surface area contributed by atoms with Crippen LogP contribution in [-0.4, -0.2) is 41.5 Å². The molecule has 0 radical (unpaired) electrons. The van der Waals surface area contributed by atoms with Gasteiger partial charge in [0.05, 0.1) is 0 Å². The van der Waals surface area contributed by atoms with Crippen LogP contribution in [0.25, 0.3) is 11.0 Å². The van der Waals surface area contributed by atoms with Crippen LogP contribution < -0.4 is 10.4 Å². The highest BCUT2D eigenvalue weighted by Gasteiger charge is 2.27. The number of carbonyl (C=O) groups is 1. The summed E-state index contributed by atoms with van der Waals surface area (Å²) < 4.78 is 11.2. The first-order valence-corrected chi connectivity index (χ1v) is 10.1. The summed E-state index contributed by atoms with van der Waals surface area (Å²) in [6, 6.07) is 5.66. The summed E-state index contributed by atoms with van der Waals surface area (Å²) in [5, 5.41) is 0.880. The van der Waals surface area contributed by atoms with Gasteiger partial charge in [-0.05, 0) is 62.8 Å². The molecule has 140 valence electrons. The van der Waals surface area contributed by atoms with Crippen molar-refractivity contribution in [1.29, 1.82) is 0 Å². The summed E-state index contributed by atoms with van der Waals surface area (Å²) in [7, 11) is 1.86. The number of carbonyl (C=O) groups excluding carboxylic acids is 1. The fourth-order valence-electron chi connectivity index (χ4n) is 3.30. The van der Waals surface area contributed by atoms with Gasteiger partial charge in [0.2, 0.25) is 0 Å². The number of benzene rings is 1. The van der Waals surface area contributed by atoms with E-state index in [1.807, 2.05) is 42.8 Å². The van der Waals surface area contributed by atoms with Crippen molar-refractivity contribution in [3.05, 3.63) is 39.7 Å². The summed E-state index contributed by atoms with van der Waals surface area (Å²) in [6.07, 6.45) is 1.46. The number of thioether (sulfide) groups is 1. The van der Waals surface area contributed by atoms with Gasteiger partial charge in [0.25, 0.3) is 5.91 Å². The van der Waals surface area contributed by atoms with Gasteiger partial charge in [0.1, 0.15) is 11.3 Å². The maximum atomic E-state index is 12.7. The predicted octanol–water partition coefficient (Wildman–Crippen LogP) is 3.53. The van der Waals surface area contributed by atoms with Gasteiger partial charge in [0, 0.05) is 30.1 Å². The van der Waals surface area contributed by atoms with E-state index in [1.165, 1.54) is 0 Å². The zero-order valence-corrected chi connectivity index (χ0v) is 16.5. The van der Waals surface area contributed by atoms with E-state index in [9.17, 15) is 9.59 Å². The first-order chi connectivity index (χ1) is 12.4. The van der Waals surface area contributed by atoms with Crippen molar-refractivity contribution in [2.45, 2.75) is 45.8 Å². The van der Waals surface area contributed by atoms with Crippen molar-refractivity contribution in [2.24, 2.45) is 0 Å². The lowest BCUT2D eigenvalue weighted by molar-refractivity contribution is -0.138. The van der Waals surface area contributed by atoms with Crippen molar-refractivity contribution in [3.8, 4) is 5.75 Å². The number of ether oxygens (including phenoxy) is 1. The Balaban J connectivity index is 1.76. The average Bonchev–Trinajstić information content (AvgIpc) is 2.65. The summed E-state index contributed by atoms with van der Waals surface area (Å²) in [6.45, 7) is 5.42. The van der Waals surface area contributed by atoms with Crippen LogP contribution in [-0.2, 0) is 4.79 Å². The first kappa shape index (κ1) is 18.8. The molecule has 2 heterocycles. The molecule has 2 aromatic rings. The second-order valence-corrected chi connectivity index (χ2v) is 8.07. The molecule has 1 amide bonds. The standard InChI is InChI=1S/C20H25NO4S/c1-12-13(2)20(23)25-18-11-16(5-6-17(12)18)24-14(3)19(22)21(4)15-7-9-26-10-8-15/h5-6,11,14-15H,7-10H2,1-4H3. The Bertz CT molecular complexity index is 870. The van der Waals surface area contributed by atoms with Crippen LogP contribution in [0.1, 0.15) is 30.9 Å². The molecule has 5 nitrogen and oxygen atoms in total. The van der Waals surface area contributed by atoms with Gasteiger partial charge in [-0.2, -0.15) is 11.8 Å². The van der Waals surface area contributed by atoms with Gasteiger partial charge in [-0.3, -0.25) is 4.79 Å². The first-order valence-electron chi connectivity index (χ1n) is 8.93. The van der Waals surface area contributed by atoms with E-state index >= 15 is 0 Å². The fourth-order valence-corrected chi connectivity index (χ4v) is 4.38. The largest absolute Gasteiger partial charge is 0.481 e. The highest BCUT2D eigenvalue weighted by atomic mass is 32.2. The lowest BCUT2D eigenvalue weighted by Gasteiger charge is -2.32. The predicted molar refractivity (Wildman–Crippen MR) is 105 cm³/mol. The van der Waals surface area contributed by atoms with Crippen LogP contribution in [0.2, 0.25) is 0 Å². The molecule has 1 aliphatic rings. The van der Waals surface area contributed by atoms with Crippen molar-refractivity contribution in [2.75, 3.05) is 18.6 Å². The molecule has 1 aromatic carbocycles. The van der Waals surface area contributed by atoms with Crippen LogP contribution in [0.3, 0.4) is 0 Å². The molecule has 6 heteroatoms. The molecule has 3 rings (SSSR count). The Kier molecular flexibility index (Phi) is 5.61. The minimum atomic E-state index is -0.592. The minimum absolute atomic E-state index is 0.0245. The number of nitrogens with zero attached hydrogens (tertiary/aromatic N) is 1. The van der Waals surface area contributed by atoms with E-state index in [4.69, 9.17) is 9.15 Å². The van der Waals surface area contributed by atoms with Crippen molar-refractivity contribution < 1.29 is 13.9 Å². The molecule has 0 N–H and O–H groups in total. The van der Waals surface area contributed by atoms with Crippen molar-refractivity contribution in [1.82, 2.24) is 4.90 Å². The number of amides is 1. The maximum Gasteiger partial charge on any atom is 0.339 e. The molecule has 1 unspecified atom stereocenters.